The van der Waals surface area contributed by atoms with Gasteiger partial charge in [0, 0.05) is 18.3 Å². The number of rotatable bonds is 7. The Labute approximate surface area is 154 Å². The number of aliphatic imine (C=N–C) groups is 1. The molecule has 0 aliphatic carbocycles. The van der Waals surface area contributed by atoms with E-state index in [1.165, 1.54) is 24.4 Å². The number of hydrogen-bond acceptors (Lipinski definition) is 8. The molecule has 0 bridgehead atoms. The van der Waals surface area contributed by atoms with Crippen LogP contribution < -0.4 is 4.90 Å². The molecule has 0 N–H and O–H groups in total. The lowest BCUT2D eigenvalue weighted by atomic mass is 9.99. The van der Waals surface area contributed by atoms with Crippen molar-refractivity contribution in [1.82, 2.24) is 0 Å². The van der Waals surface area contributed by atoms with Crippen molar-refractivity contribution in [2.45, 2.75) is 19.6 Å². The standard InChI is InChI=1S/C16H18N3O7P/c1-3-25-27(24,26-4-2)14-13-12(9-17-14)15(20)18(16(13)21)10-6-5-7-11(8-10)19(22)23/h5-9,12-14H,3-4H2,1-2H3/t12-,13-,14+/m1/s1. The molecule has 27 heavy (non-hydrogen) atoms. The number of hydrogen-bond donors (Lipinski definition) is 0. The fourth-order valence-electron chi connectivity index (χ4n) is 3.29. The molecule has 11 heteroatoms. The van der Waals surface area contributed by atoms with Gasteiger partial charge in [0.25, 0.3) is 5.69 Å². The minimum atomic E-state index is -3.75. The topological polar surface area (TPSA) is 128 Å². The molecule has 1 fully saturated rings. The number of nitrogens with zero attached hydrogens (tertiary/aromatic N) is 3. The van der Waals surface area contributed by atoms with E-state index in [0.29, 0.717) is 0 Å². The Morgan fingerprint density at radius 1 is 1.22 bits per heavy atom. The van der Waals surface area contributed by atoms with Crippen LogP contribution in [0.3, 0.4) is 0 Å². The van der Waals surface area contributed by atoms with Gasteiger partial charge < -0.3 is 9.05 Å². The summed E-state index contributed by atoms with van der Waals surface area (Å²) in [5, 5.41) is 11.0. The van der Waals surface area contributed by atoms with Crippen LogP contribution in [0, 0.1) is 22.0 Å². The summed E-state index contributed by atoms with van der Waals surface area (Å²) < 4.78 is 23.6. The molecule has 1 aromatic carbocycles. The highest BCUT2D eigenvalue weighted by Crippen LogP contribution is 2.60. The van der Waals surface area contributed by atoms with Gasteiger partial charge >= 0.3 is 7.60 Å². The van der Waals surface area contributed by atoms with Crippen molar-refractivity contribution >= 4 is 37.0 Å². The van der Waals surface area contributed by atoms with Crippen LogP contribution in [0.5, 0.6) is 0 Å². The minimum absolute atomic E-state index is 0.0865. The number of amides is 2. The molecule has 2 heterocycles. The largest absolute Gasteiger partial charge is 0.355 e. The average molecular weight is 395 g/mol. The quantitative estimate of drug-likeness (QED) is 0.300. The molecule has 144 valence electrons. The van der Waals surface area contributed by atoms with Crippen LogP contribution in [0.1, 0.15) is 13.8 Å². The van der Waals surface area contributed by atoms with Gasteiger partial charge in [-0.15, -0.1) is 0 Å². The molecule has 1 saturated heterocycles. The first-order valence-electron chi connectivity index (χ1n) is 8.38. The molecule has 2 aliphatic heterocycles. The summed E-state index contributed by atoms with van der Waals surface area (Å²) in [6.45, 7) is 3.46. The number of carbonyl (C=O) groups excluding carboxylic acids is 2. The van der Waals surface area contributed by atoms with Crippen molar-refractivity contribution < 1.29 is 28.1 Å². The summed E-state index contributed by atoms with van der Waals surface area (Å²) >= 11 is 0. The maximum Gasteiger partial charge on any atom is 0.355 e. The second-order valence-corrected chi connectivity index (χ2v) is 8.05. The number of nitro benzene ring substituents is 1. The number of imide groups is 1. The van der Waals surface area contributed by atoms with Crippen LogP contribution in [-0.2, 0) is 23.2 Å². The van der Waals surface area contributed by atoms with Gasteiger partial charge in [-0.2, -0.15) is 0 Å². The van der Waals surface area contributed by atoms with Gasteiger partial charge in [0.05, 0.1) is 35.7 Å². The van der Waals surface area contributed by atoms with Crippen molar-refractivity contribution in [3.63, 3.8) is 0 Å². The zero-order chi connectivity index (χ0) is 19.8. The van der Waals surface area contributed by atoms with E-state index in [1.54, 1.807) is 13.8 Å². The van der Waals surface area contributed by atoms with Crippen LogP contribution in [0.2, 0.25) is 0 Å². The van der Waals surface area contributed by atoms with E-state index < -0.39 is 42.0 Å². The molecule has 3 atom stereocenters. The molecule has 0 saturated carbocycles. The van der Waals surface area contributed by atoms with Crippen LogP contribution in [-0.4, -0.2) is 41.9 Å². The lowest BCUT2D eigenvalue weighted by Gasteiger charge is -2.24. The third kappa shape index (κ3) is 3.20. The Morgan fingerprint density at radius 2 is 1.89 bits per heavy atom. The summed E-state index contributed by atoms with van der Waals surface area (Å²) in [7, 11) is -3.75. The van der Waals surface area contributed by atoms with E-state index in [4.69, 9.17) is 9.05 Å². The summed E-state index contributed by atoms with van der Waals surface area (Å²) in [6.07, 6.45) is 1.29. The zero-order valence-electron chi connectivity index (χ0n) is 14.7. The first-order valence-corrected chi connectivity index (χ1v) is 9.99. The Balaban J connectivity index is 1.96. The summed E-state index contributed by atoms with van der Waals surface area (Å²) in [4.78, 5) is 41.0. The molecule has 0 radical (unpaired) electrons. The van der Waals surface area contributed by atoms with Crippen LogP contribution in [0.4, 0.5) is 11.4 Å². The van der Waals surface area contributed by atoms with Gasteiger partial charge in [-0.05, 0) is 19.9 Å². The number of carbonyl (C=O) groups is 2. The van der Waals surface area contributed by atoms with Gasteiger partial charge in [-0.1, -0.05) is 6.07 Å². The van der Waals surface area contributed by atoms with Crippen molar-refractivity contribution in [2.24, 2.45) is 16.8 Å². The number of non-ortho nitro benzene ring substituents is 1. The summed E-state index contributed by atoms with van der Waals surface area (Å²) in [5.41, 5.74) is -0.159. The monoisotopic (exact) mass is 395 g/mol. The Hall–Kier alpha value is -2.42. The van der Waals surface area contributed by atoms with Crippen molar-refractivity contribution in [2.75, 3.05) is 18.1 Å². The maximum atomic E-state index is 13.1. The van der Waals surface area contributed by atoms with E-state index >= 15 is 0 Å². The predicted molar refractivity (Wildman–Crippen MR) is 95.7 cm³/mol. The van der Waals surface area contributed by atoms with E-state index in [1.807, 2.05) is 0 Å². The molecule has 0 unspecified atom stereocenters. The summed E-state index contributed by atoms with van der Waals surface area (Å²) in [6, 6.07) is 5.23. The SMILES string of the molecule is CCOP(=O)(OCC)[C@@H]1N=C[C@H]2C(=O)N(c3cccc([N+](=O)[O-])c3)C(=O)[C@@H]12. The lowest BCUT2D eigenvalue weighted by Crippen LogP contribution is -2.33. The van der Waals surface area contributed by atoms with E-state index in [2.05, 4.69) is 4.99 Å². The molecule has 1 aromatic rings. The highest BCUT2D eigenvalue weighted by molar-refractivity contribution is 7.54. The molecule has 2 aliphatic rings. The average Bonchev–Trinajstić information content (AvgIpc) is 3.17. The van der Waals surface area contributed by atoms with E-state index in [-0.39, 0.29) is 24.6 Å². The van der Waals surface area contributed by atoms with Crippen LogP contribution in [0.15, 0.2) is 29.3 Å². The van der Waals surface area contributed by atoms with Gasteiger partial charge in [0.2, 0.25) is 11.8 Å². The Morgan fingerprint density at radius 3 is 2.48 bits per heavy atom. The predicted octanol–water partition coefficient (Wildman–Crippen LogP) is 2.38. The molecule has 0 spiro atoms. The van der Waals surface area contributed by atoms with Crippen molar-refractivity contribution in [3.8, 4) is 0 Å². The van der Waals surface area contributed by atoms with Gasteiger partial charge in [0.1, 0.15) is 0 Å². The normalized spacial score (nSPS) is 24.5. The highest BCUT2D eigenvalue weighted by Gasteiger charge is 2.59. The fraction of sp³-hybridized carbons (Fsp3) is 0.438. The lowest BCUT2D eigenvalue weighted by molar-refractivity contribution is -0.384. The third-order valence-corrected chi connectivity index (χ3v) is 6.70. The van der Waals surface area contributed by atoms with Gasteiger partial charge in [-0.25, -0.2) is 4.90 Å². The Bertz CT molecular complexity index is 861. The maximum absolute atomic E-state index is 13.1. The zero-order valence-corrected chi connectivity index (χ0v) is 15.6. The minimum Gasteiger partial charge on any atom is -0.307 e. The summed E-state index contributed by atoms with van der Waals surface area (Å²) in [5.74, 6) is -4.26. The van der Waals surface area contributed by atoms with Gasteiger partial charge in [0.15, 0.2) is 5.78 Å². The highest BCUT2D eigenvalue weighted by atomic mass is 31.2. The van der Waals surface area contributed by atoms with Crippen molar-refractivity contribution in [3.05, 3.63) is 34.4 Å². The molecule has 0 aromatic heterocycles. The second kappa shape index (κ2) is 7.30. The number of fused-ring (bicyclic) bond motifs is 1. The molecule has 2 amide bonds. The number of benzene rings is 1. The van der Waals surface area contributed by atoms with E-state index in [0.717, 1.165) is 11.0 Å². The molecule has 3 rings (SSSR count). The molecular weight excluding hydrogens is 377 g/mol. The number of anilines is 1. The second-order valence-electron chi connectivity index (χ2n) is 5.93. The first kappa shape index (κ1) is 19.3. The smallest absolute Gasteiger partial charge is 0.307 e. The van der Waals surface area contributed by atoms with Crippen molar-refractivity contribution in [1.29, 1.82) is 0 Å². The van der Waals surface area contributed by atoms with Crippen LogP contribution >= 0.6 is 7.60 Å². The van der Waals surface area contributed by atoms with Crippen LogP contribution in [0.25, 0.3) is 0 Å². The first-order chi connectivity index (χ1) is 12.8. The Kier molecular flexibility index (Phi) is 5.23. The molecular formula is C16H18N3O7P. The third-order valence-electron chi connectivity index (χ3n) is 4.36. The van der Waals surface area contributed by atoms with E-state index in [9.17, 15) is 24.3 Å². The number of nitro groups is 1. The van der Waals surface area contributed by atoms with Gasteiger partial charge in [-0.3, -0.25) is 29.3 Å². The fourth-order valence-corrected chi connectivity index (χ4v) is 5.33. The molecule has 10 nitrogen and oxygen atoms in total.